The third-order valence-corrected chi connectivity index (χ3v) is 5.00. The van der Waals surface area contributed by atoms with Crippen LogP contribution in [0.1, 0.15) is 39.3 Å². The number of rotatable bonds is 4. The van der Waals surface area contributed by atoms with E-state index in [2.05, 4.69) is 31.4 Å². The number of nitrogens with zero attached hydrogens (tertiary/aromatic N) is 6. The standard InChI is InChI=1S/C20H16N8O3/c29-16-8-4-7-15-13(16)11-14(21-19(30)12-5-2-1-3-6-12)20(31)27(15)23-17-9-10-18-22-25-26-28(18)24-17/h1-3,5-6,9-11H,4,7-8H2,(H,21,30)(H,23,24). The summed E-state index contributed by atoms with van der Waals surface area (Å²) >= 11 is 0. The zero-order valence-corrected chi connectivity index (χ0v) is 16.1. The van der Waals surface area contributed by atoms with Crippen molar-refractivity contribution >= 4 is 28.8 Å². The number of pyridine rings is 1. The number of hydrogen-bond donors (Lipinski definition) is 2. The van der Waals surface area contributed by atoms with E-state index in [1.165, 1.54) is 15.4 Å². The molecule has 0 bridgehead atoms. The van der Waals surface area contributed by atoms with Gasteiger partial charge in [-0.15, -0.1) is 14.8 Å². The molecule has 0 aliphatic heterocycles. The molecule has 5 rings (SSSR count). The van der Waals surface area contributed by atoms with Crippen molar-refractivity contribution in [2.75, 3.05) is 10.7 Å². The Balaban J connectivity index is 1.58. The Bertz CT molecular complexity index is 1380. The summed E-state index contributed by atoms with van der Waals surface area (Å²) in [6.45, 7) is 0. The van der Waals surface area contributed by atoms with Gasteiger partial charge in [-0.1, -0.05) is 18.2 Å². The van der Waals surface area contributed by atoms with E-state index < -0.39 is 11.5 Å². The van der Waals surface area contributed by atoms with Crippen LogP contribution in [-0.2, 0) is 6.42 Å². The zero-order chi connectivity index (χ0) is 21.4. The minimum Gasteiger partial charge on any atom is -0.317 e. The number of carbonyl (C=O) groups excluding carboxylic acids is 2. The fourth-order valence-corrected chi connectivity index (χ4v) is 3.51. The Morgan fingerprint density at radius 2 is 1.87 bits per heavy atom. The summed E-state index contributed by atoms with van der Waals surface area (Å²) < 4.78 is 2.47. The lowest BCUT2D eigenvalue weighted by Gasteiger charge is -2.22. The molecule has 2 N–H and O–H groups in total. The number of ketones is 1. The van der Waals surface area contributed by atoms with Crippen molar-refractivity contribution in [3.05, 3.63) is 75.7 Å². The minimum absolute atomic E-state index is 0.00106. The van der Waals surface area contributed by atoms with E-state index in [1.54, 1.807) is 42.5 Å². The third-order valence-electron chi connectivity index (χ3n) is 5.00. The van der Waals surface area contributed by atoms with E-state index in [0.29, 0.717) is 47.5 Å². The van der Waals surface area contributed by atoms with Crippen LogP contribution in [0, 0.1) is 0 Å². The van der Waals surface area contributed by atoms with Crippen LogP contribution in [0.25, 0.3) is 5.65 Å². The molecule has 0 saturated heterocycles. The first kappa shape index (κ1) is 18.6. The monoisotopic (exact) mass is 416 g/mol. The average Bonchev–Trinajstić information content (AvgIpc) is 3.26. The van der Waals surface area contributed by atoms with Gasteiger partial charge in [-0.2, -0.15) is 0 Å². The van der Waals surface area contributed by atoms with Gasteiger partial charge in [-0.05, 0) is 53.6 Å². The Morgan fingerprint density at radius 1 is 1.03 bits per heavy atom. The van der Waals surface area contributed by atoms with Crippen LogP contribution in [0.4, 0.5) is 11.5 Å². The lowest BCUT2D eigenvalue weighted by Crippen LogP contribution is -2.35. The highest BCUT2D eigenvalue weighted by molar-refractivity contribution is 6.05. The Hall–Kier alpha value is -4.41. The third kappa shape index (κ3) is 3.41. The second kappa shape index (κ2) is 7.44. The fourth-order valence-electron chi connectivity index (χ4n) is 3.51. The van der Waals surface area contributed by atoms with E-state index in [9.17, 15) is 14.4 Å². The molecule has 11 nitrogen and oxygen atoms in total. The molecule has 3 heterocycles. The number of anilines is 2. The lowest BCUT2D eigenvalue weighted by atomic mass is 9.94. The van der Waals surface area contributed by atoms with E-state index in [4.69, 9.17) is 0 Å². The van der Waals surface area contributed by atoms with Crippen molar-refractivity contribution < 1.29 is 9.59 Å². The van der Waals surface area contributed by atoms with Crippen molar-refractivity contribution in [2.45, 2.75) is 19.3 Å². The first-order valence-corrected chi connectivity index (χ1v) is 9.61. The van der Waals surface area contributed by atoms with Crippen molar-refractivity contribution in [3.63, 3.8) is 0 Å². The van der Waals surface area contributed by atoms with Crippen LogP contribution >= 0.6 is 0 Å². The molecule has 3 aromatic heterocycles. The molecule has 11 heteroatoms. The van der Waals surface area contributed by atoms with Gasteiger partial charge in [0.15, 0.2) is 17.2 Å². The Labute approximate surface area is 174 Å². The molecule has 0 atom stereocenters. The molecule has 0 radical (unpaired) electrons. The molecule has 1 aliphatic carbocycles. The fraction of sp³-hybridized carbons (Fsp3) is 0.150. The van der Waals surface area contributed by atoms with Gasteiger partial charge in [0.2, 0.25) is 0 Å². The van der Waals surface area contributed by atoms with Crippen molar-refractivity contribution in [2.24, 2.45) is 0 Å². The normalized spacial score (nSPS) is 13.1. The van der Waals surface area contributed by atoms with Crippen LogP contribution in [0.15, 0.2) is 53.3 Å². The van der Waals surface area contributed by atoms with Crippen LogP contribution < -0.4 is 16.3 Å². The maximum atomic E-state index is 13.2. The van der Waals surface area contributed by atoms with E-state index in [-0.39, 0.29) is 11.5 Å². The van der Waals surface area contributed by atoms with Crippen LogP contribution in [0.3, 0.4) is 0 Å². The van der Waals surface area contributed by atoms with Gasteiger partial charge in [0.05, 0.1) is 5.69 Å². The largest absolute Gasteiger partial charge is 0.317 e. The predicted octanol–water partition coefficient (Wildman–Crippen LogP) is 1.33. The van der Waals surface area contributed by atoms with Gasteiger partial charge in [0.1, 0.15) is 5.69 Å². The number of tetrazole rings is 1. The zero-order valence-electron chi connectivity index (χ0n) is 16.1. The van der Waals surface area contributed by atoms with E-state index in [1.807, 2.05) is 0 Å². The quantitative estimate of drug-likeness (QED) is 0.508. The molecular formula is C20H16N8O3. The smallest absolute Gasteiger partial charge is 0.293 e. The number of nitrogens with one attached hydrogen (secondary N) is 2. The highest BCUT2D eigenvalue weighted by Crippen LogP contribution is 2.23. The minimum atomic E-state index is -0.503. The second-order valence-corrected chi connectivity index (χ2v) is 7.01. The van der Waals surface area contributed by atoms with Crippen molar-refractivity contribution in [1.82, 2.24) is 29.9 Å². The molecule has 1 amide bonds. The van der Waals surface area contributed by atoms with Crippen LogP contribution in [0.5, 0.6) is 0 Å². The summed E-state index contributed by atoms with van der Waals surface area (Å²) in [4.78, 5) is 38.4. The van der Waals surface area contributed by atoms with Crippen LogP contribution in [0.2, 0.25) is 0 Å². The molecule has 154 valence electrons. The molecule has 0 fully saturated rings. The molecule has 0 saturated carbocycles. The highest BCUT2D eigenvalue weighted by atomic mass is 16.2. The Morgan fingerprint density at radius 3 is 2.71 bits per heavy atom. The van der Waals surface area contributed by atoms with Gasteiger partial charge in [-0.3, -0.25) is 19.8 Å². The first-order valence-electron chi connectivity index (χ1n) is 9.61. The lowest BCUT2D eigenvalue weighted by molar-refractivity contribution is 0.0968. The molecule has 0 unspecified atom stereocenters. The second-order valence-electron chi connectivity index (χ2n) is 7.01. The maximum Gasteiger partial charge on any atom is 0.293 e. The number of Topliss-reactive ketones (excluding diaryl/α,β-unsaturated/α-hetero) is 1. The summed E-state index contributed by atoms with van der Waals surface area (Å²) in [5.74, 6) is -0.231. The molecule has 1 aliphatic rings. The molecule has 1 aromatic carbocycles. The number of amides is 1. The molecule has 4 aromatic rings. The maximum absolute atomic E-state index is 13.2. The van der Waals surface area contributed by atoms with Gasteiger partial charge < -0.3 is 5.32 Å². The SMILES string of the molecule is O=C(Nc1cc2c(n(Nc3ccc4nnnn4n3)c1=O)CCCC2=O)c1ccccc1. The van der Waals surface area contributed by atoms with Crippen molar-refractivity contribution in [3.8, 4) is 0 Å². The number of fused-ring (bicyclic) bond motifs is 2. The molecular weight excluding hydrogens is 400 g/mol. The summed E-state index contributed by atoms with van der Waals surface area (Å²) in [7, 11) is 0. The van der Waals surface area contributed by atoms with E-state index >= 15 is 0 Å². The van der Waals surface area contributed by atoms with Gasteiger partial charge >= 0.3 is 0 Å². The van der Waals surface area contributed by atoms with Crippen molar-refractivity contribution in [1.29, 1.82) is 0 Å². The van der Waals surface area contributed by atoms with Gasteiger partial charge in [-0.25, -0.2) is 4.68 Å². The number of aromatic nitrogens is 6. The average molecular weight is 416 g/mol. The molecule has 31 heavy (non-hydrogen) atoms. The molecule has 0 spiro atoms. The summed E-state index contributed by atoms with van der Waals surface area (Å²) in [6.07, 6.45) is 1.54. The highest BCUT2D eigenvalue weighted by Gasteiger charge is 2.24. The summed E-state index contributed by atoms with van der Waals surface area (Å²) in [5.41, 5.74) is 4.20. The topological polar surface area (TPSA) is 136 Å². The number of carbonyl (C=O) groups is 2. The number of benzene rings is 1. The predicted molar refractivity (Wildman–Crippen MR) is 110 cm³/mol. The van der Waals surface area contributed by atoms with E-state index in [0.717, 1.165) is 0 Å². The summed E-state index contributed by atoms with van der Waals surface area (Å²) in [6, 6.07) is 13.2. The Kier molecular flexibility index (Phi) is 4.47. The number of hydrogen-bond acceptors (Lipinski definition) is 8. The van der Waals surface area contributed by atoms with Gasteiger partial charge in [0.25, 0.3) is 11.5 Å². The summed E-state index contributed by atoms with van der Waals surface area (Å²) in [5, 5.41) is 17.9. The van der Waals surface area contributed by atoms with Crippen LogP contribution in [-0.4, -0.2) is 41.6 Å². The first-order chi connectivity index (χ1) is 15.1. The van der Waals surface area contributed by atoms with Gasteiger partial charge in [0, 0.05) is 17.5 Å².